The maximum Gasteiger partial charge on any atom is 0.309 e. The molecule has 0 aromatic heterocycles. The first-order valence-corrected chi connectivity index (χ1v) is 8.18. The van der Waals surface area contributed by atoms with Crippen LogP contribution in [0.5, 0.6) is 0 Å². The fraction of sp³-hybridized carbons (Fsp3) is 0.389. The van der Waals surface area contributed by atoms with Crippen molar-refractivity contribution in [2.24, 2.45) is 5.92 Å². The Balaban J connectivity index is 1.63. The van der Waals surface area contributed by atoms with E-state index in [-0.39, 0.29) is 29.2 Å². The average molecular weight is 328 g/mol. The fourth-order valence-electron chi connectivity index (χ4n) is 3.06. The zero-order chi connectivity index (χ0) is 17.1. The highest BCUT2D eigenvalue weighted by Crippen LogP contribution is 2.22. The summed E-state index contributed by atoms with van der Waals surface area (Å²) in [6, 6.07) is 6.82. The summed E-state index contributed by atoms with van der Waals surface area (Å²) in [5.41, 5.74) is 4.19. The highest BCUT2D eigenvalue weighted by Gasteiger charge is 2.29. The second kappa shape index (κ2) is 6.97. The molecule has 1 N–H and O–H groups in total. The summed E-state index contributed by atoms with van der Waals surface area (Å²) in [4.78, 5) is 36.4. The molecule has 1 aliphatic heterocycles. The summed E-state index contributed by atoms with van der Waals surface area (Å²) >= 11 is 0. The number of hydrogen-bond acceptors (Lipinski definition) is 6. The molecule has 24 heavy (non-hydrogen) atoms. The topological polar surface area (TPSA) is 75.7 Å². The zero-order valence-corrected chi connectivity index (χ0v) is 13.6. The maximum absolute atomic E-state index is 12.5. The second-order valence-electron chi connectivity index (χ2n) is 5.92. The first kappa shape index (κ1) is 16.4. The summed E-state index contributed by atoms with van der Waals surface area (Å²) in [7, 11) is 0. The summed E-state index contributed by atoms with van der Waals surface area (Å²) in [5.74, 6) is -0.609. The molecule has 0 saturated carbocycles. The Bertz CT molecular complexity index is 703. The molecule has 1 aromatic rings. The number of esters is 1. The van der Waals surface area contributed by atoms with Crippen LogP contribution in [-0.2, 0) is 9.53 Å². The highest BCUT2D eigenvalue weighted by molar-refractivity contribution is 6.24. The van der Waals surface area contributed by atoms with Gasteiger partial charge in [0.05, 0.1) is 12.5 Å². The molecule has 6 heteroatoms. The Morgan fingerprint density at radius 2 is 1.88 bits per heavy atom. The first-order valence-electron chi connectivity index (χ1n) is 8.18. The van der Waals surface area contributed by atoms with E-state index >= 15 is 0 Å². The second-order valence-corrected chi connectivity index (χ2v) is 5.92. The van der Waals surface area contributed by atoms with Crippen molar-refractivity contribution in [2.45, 2.75) is 19.8 Å². The monoisotopic (exact) mass is 328 g/mol. The molecule has 0 unspecified atom stereocenters. The molecule has 0 spiro atoms. The van der Waals surface area contributed by atoms with Gasteiger partial charge in [0.15, 0.2) is 5.78 Å². The lowest BCUT2D eigenvalue weighted by atomic mass is 9.93. The van der Waals surface area contributed by atoms with Gasteiger partial charge in [-0.3, -0.25) is 14.4 Å². The summed E-state index contributed by atoms with van der Waals surface area (Å²) < 4.78 is 5.05. The number of nitrogens with one attached hydrogen (secondary N) is 1. The Morgan fingerprint density at radius 3 is 2.54 bits per heavy atom. The van der Waals surface area contributed by atoms with Gasteiger partial charge in [-0.2, -0.15) is 0 Å². The smallest absolute Gasteiger partial charge is 0.309 e. The number of piperidine rings is 1. The molecule has 3 rings (SSSR count). The third-order valence-electron chi connectivity index (χ3n) is 4.35. The standard InChI is InChI=1S/C18H20N2O4/c1-2-24-18(23)12-7-9-20(10-8-12)19-15-11-16(21)13-5-3-4-6-14(13)17(15)22/h3-6,11-12,19H,2,7-10H2,1H3. The molecule has 0 radical (unpaired) electrons. The van der Waals surface area contributed by atoms with E-state index in [4.69, 9.17) is 4.74 Å². The summed E-state index contributed by atoms with van der Waals surface area (Å²) in [5, 5.41) is 1.88. The first-order chi connectivity index (χ1) is 11.6. The number of ether oxygens (including phenoxy) is 1. The number of allylic oxidation sites excluding steroid dienone is 2. The van der Waals surface area contributed by atoms with E-state index < -0.39 is 0 Å². The van der Waals surface area contributed by atoms with E-state index in [9.17, 15) is 14.4 Å². The Hall–Kier alpha value is -2.47. The van der Waals surface area contributed by atoms with E-state index in [1.165, 1.54) is 6.08 Å². The number of fused-ring (bicyclic) bond motifs is 1. The van der Waals surface area contributed by atoms with Crippen LogP contribution < -0.4 is 5.43 Å². The molecule has 1 aliphatic carbocycles. The summed E-state index contributed by atoms with van der Waals surface area (Å²) in [6.07, 6.45) is 2.68. The molecule has 6 nitrogen and oxygen atoms in total. The van der Waals surface area contributed by atoms with E-state index in [1.807, 2.05) is 5.01 Å². The van der Waals surface area contributed by atoms with Crippen LogP contribution in [0.15, 0.2) is 36.0 Å². The lowest BCUT2D eigenvalue weighted by Gasteiger charge is -2.32. The number of carbonyl (C=O) groups is 3. The summed E-state index contributed by atoms with van der Waals surface area (Å²) in [6.45, 7) is 3.42. The van der Waals surface area contributed by atoms with E-state index in [1.54, 1.807) is 31.2 Å². The van der Waals surface area contributed by atoms with Crippen molar-refractivity contribution in [2.75, 3.05) is 19.7 Å². The fourth-order valence-corrected chi connectivity index (χ4v) is 3.06. The van der Waals surface area contributed by atoms with Crippen LogP contribution in [0.25, 0.3) is 0 Å². The largest absolute Gasteiger partial charge is 0.466 e. The molecule has 1 aromatic carbocycles. The number of rotatable bonds is 4. The van der Waals surface area contributed by atoms with Gasteiger partial charge in [-0.05, 0) is 19.8 Å². The molecule has 0 bridgehead atoms. The molecular formula is C18H20N2O4. The van der Waals surface area contributed by atoms with Crippen LogP contribution in [-0.4, -0.2) is 42.2 Å². The predicted molar refractivity (Wildman–Crippen MR) is 87.3 cm³/mol. The number of nitrogens with zero attached hydrogens (tertiary/aromatic N) is 1. The van der Waals surface area contributed by atoms with Gasteiger partial charge < -0.3 is 10.2 Å². The van der Waals surface area contributed by atoms with Gasteiger partial charge in [0.25, 0.3) is 0 Å². The highest BCUT2D eigenvalue weighted by atomic mass is 16.5. The van der Waals surface area contributed by atoms with Gasteiger partial charge in [0, 0.05) is 30.3 Å². The van der Waals surface area contributed by atoms with Gasteiger partial charge in [-0.25, -0.2) is 5.01 Å². The molecule has 126 valence electrons. The zero-order valence-electron chi connectivity index (χ0n) is 13.6. The number of Topliss-reactive ketones (excluding diaryl/α,β-unsaturated/α-hetero) is 1. The molecular weight excluding hydrogens is 308 g/mol. The molecule has 1 fully saturated rings. The van der Waals surface area contributed by atoms with Gasteiger partial charge in [0.2, 0.25) is 5.78 Å². The average Bonchev–Trinajstić information content (AvgIpc) is 2.60. The molecule has 1 heterocycles. The van der Waals surface area contributed by atoms with Crippen LogP contribution in [0.4, 0.5) is 0 Å². The number of ketones is 2. The minimum absolute atomic E-state index is 0.0959. The van der Waals surface area contributed by atoms with Crippen molar-refractivity contribution >= 4 is 17.5 Å². The molecule has 1 saturated heterocycles. The van der Waals surface area contributed by atoms with E-state index in [2.05, 4.69) is 5.43 Å². The third-order valence-corrected chi connectivity index (χ3v) is 4.35. The number of hydrazine groups is 1. The SMILES string of the molecule is CCOC(=O)C1CCN(NC2=CC(=O)c3ccccc3C2=O)CC1. The van der Waals surface area contributed by atoms with Gasteiger partial charge >= 0.3 is 5.97 Å². The van der Waals surface area contributed by atoms with Crippen LogP contribution in [0.1, 0.15) is 40.5 Å². The van der Waals surface area contributed by atoms with E-state index in [0.29, 0.717) is 43.7 Å². The minimum Gasteiger partial charge on any atom is -0.466 e. The number of benzene rings is 1. The van der Waals surface area contributed by atoms with Gasteiger partial charge in [-0.15, -0.1) is 0 Å². The van der Waals surface area contributed by atoms with Gasteiger partial charge in [0.1, 0.15) is 5.70 Å². The van der Waals surface area contributed by atoms with Crippen LogP contribution in [0.2, 0.25) is 0 Å². The molecule has 2 aliphatic rings. The van der Waals surface area contributed by atoms with Crippen molar-refractivity contribution in [1.82, 2.24) is 10.4 Å². The van der Waals surface area contributed by atoms with Crippen LogP contribution in [0, 0.1) is 5.92 Å². The van der Waals surface area contributed by atoms with Crippen molar-refractivity contribution in [3.63, 3.8) is 0 Å². The Kier molecular flexibility index (Phi) is 4.76. The van der Waals surface area contributed by atoms with Gasteiger partial charge in [-0.1, -0.05) is 24.3 Å². The Morgan fingerprint density at radius 1 is 1.21 bits per heavy atom. The molecule has 0 atom stereocenters. The molecule has 0 amide bonds. The predicted octanol–water partition coefficient (Wildman–Crippen LogP) is 1.73. The van der Waals surface area contributed by atoms with Crippen molar-refractivity contribution in [1.29, 1.82) is 0 Å². The quantitative estimate of drug-likeness (QED) is 0.849. The van der Waals surface area contributed by atoms with Crippen LogP contribution in [0.3, 0.4) is 0 Å². The van der Waals surface area contributed by atoms with E-state index in [0.717, 1.165) is 0 Å². The lowest BCUT2D eigenvalue weighted by molar-refractivity contribution is -0.149. The number of hydrogen-bond donors (Lipinski definition) is 1. The number of carbonyl (C=O) groups excluding carboxylic acids is 3. The van der Waals surface area contributed by atoms with Crippen molar-refractivity contribution in [3.05, 3.63) is 47.2 Å². The maximum atomic E-state index is 12.5. The third kappa shape index (κ3) is 3.23. The van der Waals surface area contributed by atoms with Crippen molar-refractivity contribution in [3.8, 4) is 0 Å². The van der Waals surface area contributed by atoms with Crippen LogP contribution >= 0.6 is 0 Å². The minimum atomic E-state index is -0.183. The normalized spacial score (nSPS) is 18.8. The van der Waals surface area contributed by atoms with Crippen molar-refractivity contribution < 1.29 is 19.1 Å². The lowest BCUT2D eigenvalue weighted by Crippen LogP contribution is -2.46. The Labute approximate surface area is 140 Å².